The molecule has 142 valence electrons. The summed E-state index contributed by atoms with van der Waals surface area (Å²) >= 11 is 1.47. The molecule has 27 heavy (non-hydrogen) atoms. The van der Waals surface area contributed by atoms with Gasteiger partial charge in [0.1, 0.15) is 0 Å². The van der Waals surface area contributed by atoms with E-state index >= 15 is 0 Å². The summed E-state index contributed by atoms with van der Waals surface area (Å²) in [7, 11) is 0. The maximum atomic E-state index is 12.2. The van der Waals surface area contributed by atoms with Crippen molar-refractivity contribution in [2.45, 2.75) is 50.9 Å². The zero-order chi connectivity index (χ0) is 19.0. The lowest BCUT2D eigenvalue weighted by Gasteiger charge is -2.17. The fourth-order valence-corrected chi connectivity index (χ4v) is 3.89. The Kier molecular flexibility index (Phi) is 4.95. The molecule has 7 heteroatoms. The Morgan fingerprint density at radius 1 is 1.30 bits per heavy atom. The van der Waals surface area contributed by atoms with E-state index in [0.717, 1.165) is 40.3 Å². The molecule has 1 saturated carbocycles. The van der Waals surface area contributed by atoms with Crippen LogP contribution in [0.15, 0.2) is 35.6 Å². The van der Waals surface area contributed by atoms with Gasteiger partial charge in [-0.05, 0) is 31.7 Å². The minimum atomic E-state index is 0.0418. The first kappa shape index (κ1) is 18.1. The Hall–Kier alpha value is -2.28. The number of aromatic nitrogens is 4. The van der Waals surface area contributed by atoms with Gasteiger partial charge in [0.25, 0.3) is 0 Å². The van der Waals surface area contributed by atoms with Gasteiger partial charge in [0.05, 0.1) is 5.75 Å². The lowest BCUT2D eigenvalue weighted by atomic mass is 10.1. The number of H-pyrrole nitrogens is 1. The minimum Gasteiger partial charge on any atom is -0.360 e. The van der Waals surface area contributed by atoms with E-state index < -0.39 is 0 Å². The molecule has 0 saturated heterocycles. The molecule has 0 aliphatic heterocycles. The molecule has 3 aromatic rings. The lowest BCUT2D eigenvalue weighted by Crippen LogP contribution is -2.37. The number of amides is 1. The van der Waals surface area contributed by atoms with Crippen LogP contribution < -0.4 is 5.32 Å². The molecule has 6 nitrogen and oxygen atoms in total. The Morgan fingerprint density at radius 3 is 2.81 bits per heavy atom. The standard InChI is InChI=1S/C20H25N5OS/c1-12(2)13(3)22-18(26)11-27-20-24-23-19(25(20)14-8-9-14)16-10-21-17-7-5-4-6-15(16)17/h4-7,10,12-14,21H,8-9,11H2,1-3H3,(H,22,26). The number of rotatable bonds is 7. The summed E-state index contributed by atoms with van der Waals surface area (Å²) in [5, 5.41) is 13.9. The number of benzene rings is 1. The van der Waals surface area contributed by atoms with Crippen molar-refractivity contribution >= 4 is 28.6 Å². The maximum Gasteiger partial charge on any atom is 0.230 e. The summed E-state index contributed by atoms with van der Waals surface area (Å²) < 4.78 is 2.21. The second-order valence-corrected chi connectivity index (χ2v) is 8.49. The number of carbonyl (C=O) groups excluding carboxylic acids is 1. The third kappa shape index (κ3) is 3.74. The van der Waals surface area contributed by atoms with Gasteiger partial charge in [0.15, 0.2) is 11.0 Å². The SMILES string of the molecule is CC(C)C(C)NC(=O)CSc1nnc(-c2c[nH]c3ccccc23)n1C1CC1. The van der Waals surface area contributed by atoms with Crippen molar-refractivity contribution < 1.29 is 4.79 Å². The summed E-state index contributed by atoms with van der Waals surface area (Å²) in [4.78, 5) is 15.6. The summed E-state index contributed by atoms with van der Waals surface area (Å²) in [6, 6.07) is 8.82. The highest BCUT2D eigenvalue weighted by molar-refractivity contribution is 7.99. The first-order valence-electron chi connectivity index (χ1n) is 9.48. The fourth-order valence-electron chi connectivity index (χ4n) is 3.07. The largest absolute Gasteiger partial charge is 0.360 e. The maximum absolute atomic E-state index is 12.2. The van der Waals surface area contributed by atoms with Crippen LogP contribution in [0.25, 0.3) is 22.3 Å². The van der Waals surface area contributed by atoms with Gasteiger partial charge in [0.2, 0.25) is 5.91 Å². The lowest BCUT2D eigenvalue weighted by molar-refractivity contribution is -0.119. The molecule has 4 rings (SSSR count). The Morgan fingerprint density at radius 2 is 2.07 bits per heavy atom. The number of hydrogen-bond acceptors (Lipinski definition) is 4. The predicted molar refractivity (Wildman–Crippen MR) is 109 cm³/mol. The molecule has 1 amide bonds. The molecule has 1 atom stereocenters. The van der Waals surface area contributed by atoms with Crippen molar-refractivity contribution in [3.63, 3.8) is 0 Å². The number of aromatic amines is 1. The summed E-state index contributed by atoms with van der Waals surface area (Å²) in [6.07, 6.45) is 4.27. The van der Waals surface area contributed by atoms with E-state index in [1.807, 2.05) is 25.3 Å². The van der Waals surface area contributed by atoms with Gasteiger partial charge in [-0.3, -0.25) is 9.36 Å². The number of thioether (sulfide) groups is 1. The molecule has 2 aromatic heterocycles. The topological polar surface area (TPSA) is 75.6 Å². The van der Waals surface area contributed by atoms with Crippen molar-refractivity contribution in [1.82, 2.24) is 25.1 Å². The monoisotopic (exact) mass is 383 g/mol. The van der Waals surface area contributed by atoms with Crippen LogP contribution in [-0.2, 0) is 4.79 Å². The molecular formula is C20H25N5OS. The smallest absolute Gasteiger partial charge is 0.230 e. The Labute approximate surface area is 163 Å². The number of para-hydroxylation sites is 1. The highest BCUT2D eigenvalue weighted by Gasteiger charge is 2.31. The number of nitrogens with zero attached hydrogens (tertiary/aromatic N) is 3. The average Bonchev–Trinajstić information content (AvgIpc) is 3.26. The molecule has 0 bridgehead atoms. The molecule has 1 unspecified atom stereocenters. The Bertz CT molecular complexity index is 956. The van der Waals surface area contributed by atoms with Gasteiger partial charge in [-0.15, -0.1) is 10.2 Å². The number of nitrogens with one attached hydrogen (secondary N) is 2. The van der Waals surface area contributed by atoms with Gasteiger partial charge in [0, 0.05) is 34.7 Å². The first-order valence-corrected chi connectivity index (χ1v) is 10.5. The van der Waals surface area contributed by atoms with Crippen LogP contribution in [0.3, 0.4) is 0 Å². The molecule has 2 N–H and O–H groups in total. The second-order valence-electron chi connectivity index (χ2n) is 7.54. The van der Waals surface area contributed by atoms with Crippen LogP contribution >= 0.6 is 11.8 Å². The van der Waals surface area contributed by atoms with Crippen molar-refractivity contribution in [2.75, 3.05) is 5.75 Å². The van der Waals surface area contributed by atoms with E-state index in [0.29, 0.717) is 17.7 Å². The van der Waals surface area contributed by atoms with Crippen LogP contribution in [0.2, 0.25) is 0 Å². The highest BCUT2D eigenvalue weighted by atomic mass is 32.2. The van der Waals surface area contributed by atoms with Crippen LogP contribution in [0, 0.1) is 5.92 Å². The quantitative estimate of drug-likeness (QED) is 0.604. The van der Waals surface area contributed by atoms with E-state index in [-0.39, 0.29) is 11.9 Å². The van der Waals surface area contributed by atoms with Crippen LogP contribution in [-0.4, -0.2) is 37.5 Å². The van der Waals surface area contributed by atoms with Crippen LogP contribution in [0.4, 0.5) is 0 Å². The van der Waals surface area contributed by atoms with Crippen molar-refractivity contribution in [2.24, 2.45) is 5.92 Å². The predicted octanol–water partition coefficient (Wildman–Crippen LogP) is 4.01. The second kappa shape index (κ2) is 7.38. The van der Waals surface area contributed by atoms with Crippen molar-refractivity contribution in [1.29, 1.82) is 0 Å². The highest BCUT2D eigenvalue weighted by Crippen LogP contribution is 2.42. The summed E-state index contributed by atoms with van der Waals surface area (Å²) in [5.74, 6) is 1.70. The molecule has 2 heterocycles. The number of carbonyl (C=O) groups is 1. The third-order valence-corrected chi connectivity index (χ3v) is 6.07. The zero-order valence-corrected chi connectivity index (χ0v) is 16.7. The molecular weight excluding hydrogens is 358 g/mol. The number of fused-ring (bicyclic) bond motifs is 1. The fraction of sp³-hybridized carbons (Fsp3) is 0.450. The summed E-state index contributed by atoms with van der Waals surface area (Å²) in [5.41, 5.74) is 2.16. The van der Waals surface area contributed by atoms with E-state index in [1.165, 1.54) is 11.8 Å². The molecule has 1 aliphatic carbocycles. The molecule has 0 spiro atoms. The Balaban J connectivity index is 1.56. The number of hydrogen-bond donors (Lipinski definition) is 2. The normalized spacial score (nSPS) is 15.4. The van der Waals surface area contributed by atoms with Gasteiger partial charge >= 0.3 is 0 Å². The van der Waals surface area contributed by atoms with E-state index in [1.54, 1.807) is 0 Å². The van der Waals surface area contributed by atoms with Gasteiger partial charge in [-0.25, -0.2) is 0 Å². The molecule has 0 radical (unpaired) electrons. The molecule has 1 aromatic carbocycles. The van der Waals surface area contributed by atoms with E-state index in [2.05, 4.69) is 51.0 Å². The van der Waals surface area contributed by atoms with Crippen LogP contribution in [0.5, 0.6) is 0 Å². The molecule has 1 aliphatic rings. The first-order chi connectivity index (χ1) is 13.0. The summed E-state index contributed by atoms with van der Waals surface area (Å²) in [6.45, 7) is 6.25. The average molecular weight is 384 g/mol. The van der Waals surface area contributed by atoms with Gasteiger partial charge < -0.3 is 10.3 Å². The van der Waals surface area contributed by atoms with Crippen molar-refractivity contribution in [3.8, 4) is 11.4 Å². The van der Waals surface area contributed by atoms with E-state index in [9.17, 15) is 4.79 Å². The van der Waals surface area contributed by atoms with Crippen molar-refractivity contribution in [3.05, 3.63) is 30.5 Å². The van der Waals surface area contributed by atoms with Gasteiger partial charge in [-0.2, -0.15) is 0 Å². The minimum absolute atomic E-state index is 0.0418. The zero-order valence-electron chi connectivity index (χ0n) is 15.9. The van der Waals surface area contributed by atoms with E-state index in [4.69, 9.17) is 0 Å². The third-order valence-electron chi connectivity index (χ3n) is 5.13. The van der Waals surface area contributed by atoms with Crippen LogP contribution in [0.1, 0.15) is 39.7 Å². The van der Waals surface area contributed by atoms with Gasteiger partial charge in [-0.1, -0.05) is 43.8 Å². The molecule has 1 fully saturated rings.